The summed E-state index contributed by atoms with van der Waals surface area (Å²) in [6.45, 7) is 4.05. The minimum absolute atomic E-state index is 0.0751. The van der Waals surface area contributed by atoms with E-state index in [1.807, 2.05) is 61.7 Å². The monoisotopic (exact) mass is 419 g/mol. The third kappa shape index (κ3) is 4.11. The number of rotatable bonds is 7. The van der Waals surface area contributed by atoms with E-state index in [9.17, 15) is 9.59 Å². The number of benzene rings is 1. The Balaban J connectivity index is 1.64. The molecule has 0 spiro atoms. The number of ether oxygens (including phenoxy) is 1. The number of anilines is 1. The molecule has 1 aliphatic heterocycles. The van der Waals surface area contributed by atoms with Crippen LogP contribution in [-0.2, 0) is 16.1 Å². The van der Waals surface area contributed by atoms with Gasteiger partial charge in [0.25, 0.3) is 11.8 Å². The van der Waals surface area contributed by atoms with E-state index in [1.54, 1.807) is 18.3 Å². The van der Waals surface area contributed by atoms with E-state index >= 15 is 0 Å². The molecule has 0 unspecified atom stereocenters. The lowest BCUT2D eigenvalue weighted by Gasteiger charge is -2.15. The number of pyridine rings is 1. The molecule has 4 rings (SSSR count). The lowest BCUT2D eigenvalue weighted by molar-refractivity contribution is -0.137. The predicted octanol–water partition coefficient (Wildman–Crippen LogP) is 4.32. The molecule has 0 atom stereocenters. The molecule has 30 heavy (non-hydrogen) atoms. The van der Waals surface area contributed by atoms with E-state index < -0.39 is 0 Å². The third-order valence-corrected chi connectivity index (χ3v) is 5.36. The molecule has 0 aliphatic carbocycles. The average Bonchev–Trinajstić information content (AvgIpc) is 3.33. The molecule has 0 fully saturated rings. The maximum atomic E-state index is 13.2. The van der Waals surface area contributed by atoms with Crippen molar-refractivity contribution in [1.29, 1.82) is 0 Å². The molecular weight excluding hydrogens is 398 g/mol. The Morgan fingerprint density at radius 1 is 1.03 bits per heavy atom. The number of nitrogens with one attached hydrogen (secondary N) is 1. The Morgan fingerprint density at radius 3 is 2.47 bits per heavy atom. The molecule has 0 saturated carbocycles. The van der Waals surface area contributed by atoms with Gasteiger partial charge in [-0.05, 0) is 61.7 Å². The van der Waals surface area contributed by atoms with Crippen LogP contribution in [0.1, 0.15) is 24.4 Å². The Morgan fingerprint density at radius 2 is 1.83 bits per heavy atom. The Hall–Kier alpha value is -3.45. The SMILES string of the molecule is CC(C)Oc1ccc(NC2=C(c3cccs3)C(=O)N(Cc3ccccn3)C2=O)cc1. The van der Waals surface area contributed by atoms with Crippen molar-refractivity contribution in [2.75, 3.05) is 5.32 Å². The first-order valence-electron chi connectivity index (χ1n) is 9.61. The molecule has 1 aliphatic rings. The first-order valence-corrected chi connectivity index (χ1v) is 10.5. The van der Waals surface area contributed by atoms with Crippen LogP contribution in [0.2, 0.25) is 0 Å². The van der Waals surface area contributed by atoms with Gasteiger partial charge >= 0.3 is 0 Å². The van der Waals surface area contributed by atoms with Crippen LogP contribution < -0.4 is 10.1 Å². The van der Waals surface area contributed by atoms with E-state index in [0.717, 1.165) is 10.6 Å². The van der Waals surface area contributed by atoms with Crippen molar-refractivity contribution in [3.8, 4) is 5.75 Å². The number of carbonyl (C=O) groups is 2. The summed E-state index contributed by atoms with van der Waals surface area (Å²) in [4.78, 5) is 32.6. The van der Waals surface area contributed by atoms with Gasteiger partial charge in [0.1, 0.15) is 11.4 Å². The lowest BCUT2D eigenvalue weighted by Crippen LogP contribution is -2.32. The first kappa shape index (κ1) is 19.8. The number of carbonyl (C=O) groups excluding carboxylic acids is 2. The molecule has 7 heteroatoms. The van der Waals surface area contributed by atoms with Crippen LogP contribution in [0.4, 0.5) is 5.69 Å². The molecule has 0 bridgehead atoms. The van der Waals surface area contributed by atoms with Crippen LogP contribution in [0.15, 0.2) is 71.9 Å². The number of thiophene rings is 1. The predicted molar refractivity (Wildman–Crippen MR) is 117 cm³/mol. The van der Waals surface area contributed by atoms with Crippen LogP contribution in [0.5, 0.6) is 5.75 Å². The van der Waals surface area contributed by atoms with Crippen molar-refractivity contribution in [3.63, 3.8) is 0 Å². The van der Waals surface area contributed by atoms with Gasteiger partial charge in [-0.2, -0.15) is 0 Å². The fourth-order valence-electron chi connectivity index (χ4n) is 3.17. The zero-order chi connectivity index (χ0) is 21.1. The Labute approximate surface area is 178 Å². The van der Waals surface area contributed by atoms with Crippen LogP contribution in [0, 0.1) is 0 Å². The molecule has 2 amide bonds. The van der Waals surface area contributed by atoms with Crippen LogP contribution in [-0.4, -0.2) is 27.8 Å². The van der Waals surface area contributed by atoms with Gasteiger partial charge < -0.3 is 10.1 Å². The highest BCUT2D eigenvalue weighted by atomic mass is 32.1. The van der Waals surface area contributed by atoms with Crippen molar-refractivity contribution in [1.82, 2.24) is 9.88 Å². The van der Waals surface area contributed by atoms with E-state index in [2.05, 4.69) is 10.3 Å². The molecule has 0 saturated heterocycles. The number of amides is 2. The van der Waals surface area contributed by atoms with E-state index in [4.69, 9.17) is 4.74 Å². The lowest BCUT2D eigenvalue weighted by atomic mass is 10.2. The molecule has 6 nitrogen and oxygen atoms in total. The highest BCUT2D eigenvalue weighted by molar-refractivity contribution is 7.11. The van der Waals surface area contributed by atoms with Gasteiger partial charge in [0, 0.05) is 16.8 Å². The normalized spacial score (nSPS) is 14.0. The molecular formula is C23H21N3O3S. The molecule has 152 valence electrons. The maximum Gasteiger partial charge on any atom is 0.278 e. The summed E-state index contributed by atoms with van der Waals surface area (Å²) in [5.74, 6) is 0.0561. The smallest absolute Gasteiger partial charge is 0.278 e. The van der Waals surface area contributed by atoms with Gasteiger partial charge in [-0.3, -0.25) is 19.5 Å². The summed E-state index contributed by atoms with van der Waals surface area (Å²) in [6.07, 6.45) is 1.72. The topological polar surface area (TPSA) is 71.5 Å². The highest BCUT2D eigenvalue weighted by Crippen LogP contribution is 2.33. The molecule has 1 aromatic carbocycles. The van der Waals surface area contributed by atoms with Gasteiger partial charge in [-0.25, -0.2) is 0 Å². The van der Waals surface area contributed by atoms with Crippen molar-refractivity contribution in [2.24, 2.45) is 0 Å². The van der Waals surface area contributed by atoms with Gasteiger partial charge in [0.05, 0.1) is 23.9 Å². The van der Waals surface area contributed by atoms with Crippen LogP contribution >= 0.6 is 11.3 Å². The molecule has 0 radical (unpaired) electrons. The zero-order valence-corrected chi connectivity index (χ0v) is 17.5. The van der Waals surface area contributed by atoms with Gasteiger partial charge in [0.2, 0.25) is 0 Å². The van der Waals surface area contributed by atoms with Crippen molar-refractivity contribution >= 4 is 34.4 Å². The summed E-state index contributed by atoms with van der Waals surface area (Å²) < 4.78 is 5.67. The van der Waals surface area contributed by atoms with Crippen molar-refractivity contribution in [3.05, 3.63) is 82.4 Å². The van der Waals surface area contributed by atoms with Crippen molar-refractivity contribution in [2.45, 2.75) is 26.5 Å². The van der Waals surface area contributed by atoms with Gasteiger partial charge in [0.15, 0.2) is 0 Å². The summed E-state index contributed by atoms with van der Waals surface area (Å²) in [5.41, 5.74) is 2.02. The van der Waals surface area contributed by atoms with Gasteiger partial charge in [-0.15, -0.1) is 11.3 Å². The van der Waals surface area contributed by atoms with E-state index in [0.29, 0.717) is 17.0 Å². The molecule has 2 aromatic heterocycles. The fourth-order valence-corrected chi connectivity index (χ4v) is 3.94. The standard InChI is InChI=1S/C23H21N3O3S/c1-15(2)29-18-10-8-16(9-11-18)25-21-20(19-7-5-13-30-19)22(27)26(23(21)28)14-17-6-3-4-12-24-17/h3-13,15,25H,14H2,1-2H3. The average molecular weight is 420 g/mol. The number of hydrogen-bond acceptors (Lipinski definition) is 6. The molecule has 3 heterocycles. The highest BCUT2D eigenvalue weighted by Gasteiger charge is 2.39. The second kappa shape index (κ2) is 8.51. The van der Waals surface area contributed by atoms with E-state index in [-0.39, 0.29) is 30.2 Å². The second-order valence-corrected chi connectivity index (χ2v) is 8.01. The maximum absolute atomic E-state index is 13.2. The Kier molecular flexibility index (Phi) is 5.63. The largest absolute Gasteiger partial charge is 0.491 e. The number of imide groups is 1. The van der Waals surface area contributed by atoms with Crippen LogP contribution in [0.25, 0.3) is 5.57 Å². The van der Waals surface area contributed by atoms with E-state index in [1.165, 1.54) is 16.2 Å². The van der Waals surface area contributed by atoms with Crippen molar-refractivity contribution < 1.29 is 14.3 Å². The first-order chi connectivity index (χ1) is 14.5. The summed E-state index contributed by atoms with van der Waals surface area (Å²) >= 11 is 1.42. The molecule has 3 aromatic rings. The fraction of sp³-hybridized carbons (Fsp3) is 0.174. The zero-order valence-electron chi connectivity index (χ0n) is 16.7. The molecule has 1 N–H and O–H groups in total. The second-order valence-electron chi connectivity index (χ2n) is 7.06. The number of aromatic nitrogens is 1. The van der Waals surface area contributed by atoms with Crippen LogP contribution in [0.3, 0.4) is 0 Å². The number of hydrogen-bond donors (Lipinski definition) is 1. The summed E-state index contributed by atoms with van der Waals surface area (Å²) in [7, 11) is 0. The Bertz CT molecular complexity index is 1070. The van der Waals surface area contributed by atoms with Gasteiger partial charge in [-0.1, -0.05) is 12.1 Å². The quantitative estimate of drug-likeness (QED) is 0.578. The minimum atomic E-state index is -0.364. The minimum Gasteiger partial charge on any atom is -0.491 e. The summed E-state index contributed by atoms with van der Waals surface area (Å²) in [6, 6.07) is 16.5. The number of nitrogens with zero attached hydrogens (tertiary/aromatic N) is 2. The third-order valence-electron chi connectivity index (χ3n) is 4.48. The summed E-state index contributed by atoms with van der Waals surface area (Å²) in [5, 5.41) is 5.04.